The molecule has 0 radical (unpaired) electrons. The van der Waals surface area contributed by atoms with Gasteiger partial charge < -0.3 is 16.0 Å². The highest BCUT2D eigenvalue weighted by molar-refractivity contribution is 5.95. The van der Waals surface area contributed by atoms with Crippen molar-refractivity contribution < 1.29 is 9.18 Å². The molecule has 0 aliphatic carbocycles. The van der Waals surface area contributed by atoms with Gasteiger partial charge in [-0.1, -0.05) is 0 Å². The molecular weight excluding hydrogens is 269 g/mol. The van der Waals surface area contributed by atoms with Crippen molar-refractivity contribution >= 4 is 17.3 Å². The second-order valence-electron chi connectivity index (χ2n) is 6.05. The van der Waals surface area contributed by atoms with E-state index >= 15 is 0 Å². The van der Waals surface area contributed by atoms with E-state index in [1.54, 1.807) is 6.07 Å². The number of carbonyl (C=O) groups excluding carboxylic acids is 1. The van der Waals surface area contributed by atoms with Gasteiger partial charge >= 0.3 is 0 Å². The first kappa shape index (κ1) is 15.8. The Kier molecular flexibility index (Phi) is 5.17. The molecular formula is C16H24FN3O. The Morgan fingerprint density at radius 3 is 2.81 bits per heavy atom. The molecule has 1 heterocycles. The lowest BCUT2D eigenvalue weighted by Crippen LogP contribution is -2.40. The number of rotatable bonds is 4. The fraction of sp³-hybridized carbons (Fsp3) is 0.562. The Bertz CT molecular complexity index is 504. The predicted molar refractivity (Wildman–Crippen MR) is 84.0 cm³/mol. The van der Waals surface area contributed by atoms with Gasteiger partial charge in [0.25, 0.3) is 0 Å². The minimum absolute atomic E-state index is 0.0122. The third-order valence-electron chi connectivity index (χ3n) is 3.68. The van der Waals surface area contributed by atoms with E-state index in [1.165, 1.54) is 12.1 Å². The number of hydrogen-bond acceptors (Lipinski definition) is 3. The van der Waals surface area contributed by atoms with Gasteiger partial charge in [0.1, 0.15) is 5.82 Å². The Hall–Kier alpha value is -1.62. The van der Waals surface area contributed by atoms with E-state index in [1.807, 2.05) is 13.8 Å². The van der Waals surface area contributed by atoms with Crippen LogP contribution in [0.15, 0.2) is 18.2 Å². The molecule has 1 aromatic rings. The maximum atomic E-state index is 13.4. The molecule has 1 saturated heterocycles. The van der Waals surface area contributed by atoms with E-state index in [9.17, 15) is 9.18 Å². The molecule has 1 aliphatic rings. The number of piperidine rings is 1. The van der Waals surface area contributed by atoms with Crippen LogP contribution in [-0.2, 0) is 4.79 Å². The lowest BCUT2D eigenvalue weighted by atomic mass is 9.92. The Morgan fingerprint density at radius 2 is 2.14 bits per heavy atom. The Balaban J connectivity index is 2.09. The van der Waals surface area contributed by atoms with Crippen molar-refractivity contribution in [2.24, 2.45) is 5.92 Å². The van der Waals surface area contributed by atoms with Crippen molar-refractivity contribution in [2.45, 2.75) is 45.7 Å². The summed E-state index contributed by atoms with van der Waals surface area (Å²) in [7, 11) is 0. The standard InChI is InChI=1S/C16H24FN3O/c1-10(2)19-15-9-13(17)4-5-14(15)20-16(21)12-6-7-18-11(3)8-12/h4-5,9-12,18-19H,6-8H2,1-3H3,(H,20,21)/t11-,12-/m0/s1. The van der Waals surface area contributed by atoms with Crippen molar-refractivity contribution in [2.75, 3.05) is 17.2 Å². The van der Waals surface area contributed by atoms with Gasteiger partial charge in [0.2, 0.25) is 5.91 Å². The van der Waals surface area contributed by atoms with Crippen LogP contribution in [0.5, 0.6) is 0 Å². The molecule has 1 fully saturated rings. The summed E-state index contributed by atoms with van der Waals surface area (Å²) in [6.07, 6.45) is 1.67. The number of benzene rings is 1. The molecule has 0 bridgehead atoms. The molecule has 1 aliphatic heterocycles. The first-order chi connectivity index (χ1) is 9.95. The summed E-state index contributed by atoms with van der Waals surface area (Å²) in [4.78, 5) is 12.4. The van der Waals surface area contributed by atoms with Gasteiger partial charge in [0.05, 0.1) is 11.4 Å². The van der Waals surface area contributed by atoms with Crippen molar-refractivity contribution in [1.29, 1.82) is 0 Å². The lowest BCUT2D eigenvalue weighted by Gasteiger charge is -2.27. The first-order valence-electron chi connectivity index (χ1n) is 7.56. The zero-order chi connectivity index (χ0) is 15.4. The van der Waals surface area contributed by atoms with Crippen molar-refractivity contribution in [3.8, 4) is 0 Å². The zero-order valence-electron chi connectivity index (χ0n) is 12.9. The van der Waals surface area contributed by atoms with E-state index < -0.39 is 0 Å². The van der Waals surface area contributed by atoms with Gasteiger partial charge in [-0.05, 0) is 58.4 Å². The molecule has 1 aromatic carbocycles. The van der Waals surface area contributed by atoms with Crippen LogP contribution in [0.1, 0.15) is 33.6 Å². The summed E-state index contributed by atoms with van der Waals surface area (Å²) in [6.45, 7) is 6.90. The highest BCUT2D eigenvalue weighted by Crippen LogP contribution is 2.26. The molecule has 0 unspecified atom stereocenters. The first-order valence-corrected chi connectivity index (χ1v) is 7.56. The number of anilines is 2. The van der Waals surface area contributed by atoms with Gasteiger partial charge in [-0.3, -0.25) is 4.79 Å². The van der Waals surface area contributed by atoms with E-state index in [2.05, 4.69) is 22.9 Å². The molecule has 5 heteroatoms. The minimum atomic E-state index is -0.313. The molecule has 1 amide bonds. The normalized spacial score (nSPS) is 22.1. The molecule has 2 rings (SSSR count). The van der Waals surface area contributed by atoms with Crippen LogP contribution in [0.3, 0.4) is 0 Å². The third-order valence-corrected chi connectivity index (χ3v) is 3.68. The van der Waals surface area contributed by atoms with Gasteiger partial charge in [0, 0.05) is 18.0 Å². The van der Waals surface area contributed by atoms with Gasteiger partial charge in [-0.15, -0.1) is 0 Å². The molecule has 4 nitrogen and oxygen atoms in total. The minimum Gasteiger partial charge on any atom is -0.381 e. The van der Waals surface area contributed by atoms with Crippen molar-refractivity contribution in [3.63, 3.8) is 0 Å². The van der Waals surface area contributed by atoms with Gasteiger partial charge in [0.15, 0.2) is 0 Å². The summed E-state index contributed by atoms with van der Waals surface area (Å²) in [5, 5.41) is 9.44. The van der Waals surface area contributed by atoms with Crippen LogP contribution in [-0.4, -0.2) is 24.5 Å². The number of nitrogens with one attached hydrogen (secondary N) is 3. The average Bonchev–Trinajstić information content (AvgIpc) is 2.41. The second kappa shape index (κ2) is 6.89. The number of carbonyl (C=O) groups is 1. The maximum absolute atomic E-state index is 13.4. The number of halogens is 1. The van der Waals surface area contributed by atoms with Crippen LogP contribution >= 0.6 is 0 Å². The highest BCUT2D eigenvalue weighted by atomic mass is 19.1. The molecule has 116 valence electrons. The topological polar surface area (TPSA) is 53.2 Å². The fourth-order valence-corrected chi connectivity index (χ4v) is 2.66. The second-order valence-corrected chi connectivity index (χ2v) is 6.05. The average molecular weight is 293 g/mol. The molecule has 2 atom stereocenters. The van der Waals surface area contributed by atoms with Crippen molar-refractivity contribution in [1.82, 2.24) is 5.32 Å². The number of hydrogen-bond donors (Lipinski definition) is 3. The Labute approximate surface area is 125 Å². The van der Waals surface area contributed by atoms with E-state index in [0.29, 0.717) is 17.4 Å². The predicted octanol–water partition coefficient (Wildman–Crippen LogP) is 2.97. The molecule has 3 N–H and O–H groups in total. The molecule has 21 heavy (non-hydrogen) atoms. The van der Waals surface area contributed by atoms with Crippen LogP contribution < -0.4 is 16.0 Å². The zero-order valence-corrected chi connectivity index (χ0v) is 12.9. The van der Waals surface area contributed by atoms with Crippen molar-refractivity contribution in [3.05, 3.63) is 24.0 Å². The van der Waals surface area contributed by atoms with Gasteiger partial charge in [-0.25, -0.2) is 4.39 Å². The smallest absolute Gasteiger partial charge is 0.227 e. The quantitative estimate of drug-likeness (QED) is 0.800. The molecule has 0 spiro atoms. The van der Waals surface area contributed by atoms with Crippen LogP contribution in [0.2, 0.25) is 0 Å². The van der Waals surface area contributed by atoms with E-state index in [-0.39, 0.29) is 23.7 Å². The van der Waals surface area contributed by atoms with Crippen LogP contribution in [0.25, 0.3) is 0 Å². The summed E-state index contributed by atoms with van der Waals surface area (Å²) in [6, 6.07) is 4.92. The monoisotopic (exact) mass is 293 g/mol. The summed E-state index contributed by atoms with van der Waals surface area (Å²) >= 11 is 0. The van der Waals surface area contributed by atoms with E-state index in [0.717, 1.165) is 19.4 Å². The summed E-state index contributed by atoms with van der Waals surface area (Å²) < 4.78 is 13.4. The van der Waals surface area contributed by atoms with Gasteiger partial charge in [-0.2, -0.15) is 0 Å². The lowest BCUT2D eigenvalue weighted by molar-refractivity contribution is -0.120. The summed E-state index contributed by atoms with van der Waals surface area (Å²) in [5.74, 6) is -0.286. The van der Waals surface area contributed by atoms with Crippen LogP contribution in [0, 0.1) is 11.7 Å². The number of amides is 1. The van der Waals surface area contributed by atoms with E-state index in [4.69, 9.17) is 0 Å². The largest absolute Gasteiger partial charge is 0.381 e. The fourth-order valence-electron chi connectivity index (χ4n) is 2.66. The van der Waals surface area contributed by atoms with Crippen LogP contribution in [0.4, 0.5) is 15.8 Å². The molecule has 0 saturated carbocycles. The third kappa shape index (κ3) is 4.43. The Morgan fingerprint density at radius 1 is 1.38 bits per heavy atom. The highest BCUT2D eigenvalue weighted by Gasteiger charge is 2.25. The maximum Gasteiger partial charge on any atom is 0.227 e. The summed E-state index contributed by atoms with van der Waals surface area (Å²) in [5.41, 5.74) is 1.27. The SMILES string of the molecule is CC(C)Nc1cc(F)ccc1NC(=O)[C@H]1CCN[C@@H](C)C1. The molecule has 0 aromatic heterocycles.